The van der Waals surface area contributed by atoms with Crippen LogP contribution in [-0.2, 0) is 11.3 Å². The summed E-state index contributed by atoms with van der Waals surface area (Å²) in [5, 5.41) is 15.9. The molecule has 4 rings (SSSR count). The molecule has 6 heteroatoms. The highest BCUT2D eigenvalue weighted by molar-refractivity contribution is 5.68. The van der Waals surface area contributed by atoms with E-state index in [2.05, 4.69) is 27.6 Å². The SMILES string of the molecule is O=C(O)CCNCc1ccc(-c2noc(-c3ccc(-c4ccccc4)cc3)n2)cc1. The third-order valence-electron chi connectivity index (χ3n) is 4.72. The van der Waals surface area contributed by atoms with Crippen LogP contribution in [0.2, 0.25) is 0 Å². The Morgan fingerprint density at radius 2 is 1.47 bits per heavy atom. The van der Waals surface area contributed by atoms with Gasteiger partial charge in [-0.15, -0.1) is 0 Å². The largest absolute Gasteiger partial charge is 0.481 e. The minimum absolute atomic E-state index is 0.107. The average molecular weight is 399 g/mol. The Morgan fingerprint density at radius 3 is 2.17 bits per heavy atom. The van der Waals surface area contributed by atoms with Gasteiger partial charge in [-0.05, 0) is 28.8 Å². The molecule has 0 saturated carbocycles. The van der Waals surface area contributed by atoms with Gasteiger partial charge in [0, 0.05) is 24.2 Å². The number of carbonyl (C=O) groups is 1. The van der Waals surface area contributed by atoms with Crippen LogP contribution in [0.3, 0.4) is 0 Å². The number of aliphatic carboxylic acids is 1. The van der Waals surface area contributed by atoms with Gasteiger partial charge in [-0.25, -0.2) is 0 Å². The summed E-state index contributed by atoms with van der Waals surface area (Å²) in [7, 11) is 0. The van der Waals surface area contributed by atoms with Crippen molar-refractivity contribution in [2.24, 2.45) is 0 Å². The van der Waals surface area contributed by atoms with Crippen molar-refractivity contribution in [3.8, 4) is 34.0 Å². The second-order valence-electron chi connectivity index (χ2n) is 6.88. The van der Waals surface area contributed by atoms with Crippen molar-refractivity contribution in [2.45, 2.75) is 13.0 Å². The highest BCUT2D eigenvalue weighted by Crippen LogP contribution is 2.25. The van der Waals surface area contributed by atoms with E-state index >= 15 is 0 Å². The quantitative estimate of drug-likeness (QED) is 0.420. The molecular formula is C24H21N3O3. The van der Waals surface area contributed by atoms with E-state index in [0.29, 0.717) is 24.8 Å². The van der Waals surface area contributed by atoms with Gasteiger partial charge >= 0.3 is 5.97 Å². The first kappa shape index (κ1) is 19.5. The van der Waals surface area contributed by atoms with Gasteiger partial charge in [-0.3, -0.25) is 4.79 Å². The third kappa shape index (κ3) is 4.79. The number of benzene rings is 3. The number of nitrogens with one attached hydrogen (secondary N) is 1. The maximum absolute atomic E-state index is 10.5. The molecule has 2 N–H and O–H groups in total. The maximum Gasteiger partial charge on any atom is 0.304 e. The molecule has 1 aromatic heterocycles. The van der Waals surface area contributed by atoms with Gasteiger partial charge < -0.3 is 14.9 Å². The van der Waals surface area contributed by atoms with Crippen LogP contribution in [0.5, 0.6) is 0 Å². The van der Waals surface area contributed by atoms with Crippen LogP contribution >= 0.6 is 0 Å². The average Bonchev–Trinajstić information content (AvgIpc) is 3.28. The van der Waals surface area contributed by atoms with Gasteiger partial charge in [0.05, 0.1) is 6.42 Å². The van der Waals surface area contributed by atoms with Gasteiger partial charge in [-0.1, -0.05) is 71.9 Å². The van der Waals surface area contributed by atoms with Crippen molar-refractivity contribution in [2.75, 3.05) is 6.54 Å². The molecule has 0 atom stereocenters. The summed E-state index contributed by atoms with van der Waals surface area (Å²) in [6, 6.07) is 26.0. The predicted octanol–water partition coefficient (Wildman–Crippen LogP) is 4.63. The second-order valence-corrected chi connectivity index (χ2v) is 6.88. The lowest BCUT2D eigenvalue weighted by atomic mass is 10.0. The topological polar surface area (TPSA) is 88.2 Å². The molecule has 0 spiro atoms. The lowest BCUT2D eigenvalue weighted by molar-refractivity contribution is -0.136. The summed E-state index contributed by atoms with van der Waals surface area (Å²) in [5.74, 6) is 0.201. The number of rotatable bonds is 8. The second kappa shape index (κ2) is 9.15. The molecule has 0 fully saturated rings. The lowest BCUT2D eigenvalue weighted by Crippen LogP contribution is -2.17. The summed E-state index contributed by atoms with van der Waals surface area (Å²) < 4.78 is 5.45. The van der Waals surface area contributed by atoms with Gasteiger partial charge in [0.25, 0.3) is 5.89 Å². The minimum atomic E-state index is -0.805. The molecular weight excluding hydrogens is 378 g/mol. The van der Waals surface area contributed by atoms with Gasteiger partial charge in [0.1, 0.15) is 0 Å². The highest BCUT2D eigenvalue weighted by atomic mass is 16.5. The standard InChI is InChI=1S/C24H21N3O3/c28-22(29)14-15-25-16-17-6-8-20(9-7-17)23-26-24(30-27-23)21-12-10-19(11-13-21)18-4-2-1-3-5-18/h1-13,25H,14-16H2,(H,28,29). The first-order chi connectivity index (χ1) is 14.7. The Labute approximate surface area is 174 Å². The van der Waals surface area contributed by atoms with Crippen LogP contribution in [-0.4, -0.2) is 27.8 Å². The van der Waals surface area contributed by atoms with E-state index in [1.54, 1.807) is 0 Å². The van der Waals surface area contributed by atoms with Crippen LogP contribution in [0.25, 0.3) is 34.0 Å². The molecule has 1 heterocycles. The summed E-state index contributed by atoms with van der Waals surface area (Å²) in [6.07, 6.45) is 0.107. The molecule has 0 saturated heterocycles. The summed E-state index contributed by atoms with van der Waals surface area (Å²) in [6.45, 7) is 1.05. The van der Waals surface area contributed by atoms with E-state index in [4.69, 9.17) is 9.63 Å². The van der Waals surface area contributed by atoms with Gasteiger partial charge in [0.2, 0.25) is 5.82 Å². The predicted molar refractivity (Wildman–Crippen MR) is 115 cm³/mol. The molecule has 0 aliphatic heterocycles. The van der Waals surface area contributed by atoms with E-state index in [9.17, 15) is 4.79 Å². The fourth-order valence-corrected chi connectivity index (χ4v) is 3.09. The van der Waals surface area contributed by atoms with E-state index in [1.807, 2.05) is 66.7 Å². The van der Waals surface area contributed by atoms with Gasteiger partial charge in [-0.2, -0.15) is 4.98 Å². The molecule has 0 aliphatic rings. The fourth-order valence-electron chi connectivity index (χ4n) is 3.09. The minimum Gasteiger partial charge on any atom is -0.481 e. The smallest absolute Gasteiger partial charge is 0.304 e. The van der Waals surface area contributed by atoms with E-state index < -0.39 is 5.97 Å². The van der Waals surface area contributed by atoms with E-state index in [-0.39, 0.29) is 6.42 Å². The number of aromatic nitrogens is 2. The Balaban J connectivity index is 1.42. The summed E-state index contributed by atoms with van der Waals surface area (Å²) in [5.41, 5.74) is 5.08. The van der Waals surface area contributed by atoms with Crippen molar-refractivity contribution in [3.63, 3.8) is 0 Å². The van der Waals surface area contributed by atoms with Crippen molar-refractivity contribution < 1.29 is 14.4 Å². The first-order valence-electron chi connectivity index (χ1n) is 9.70. The van der Waals surface area contributed by atoms with Crippen LogP contribution < -0.4 is 5.32 Å². The Hall–Kier alpha value is -3.77. The van der Waals surface area contributed by atoms with Crippen molar-refractivity contribution in [3.05, 3.63) is 84.4 Å². The van der Waals surface area contributed by atoms with Crippen LogP contribution in [0.1, 0.15) is 12.0 Å². The maximum atomic E-state index is 10.5. The Bertz CT molecular complexity index is 1100. The normalized spacial score (nSPS) is 10.8. The Kier molecular flexibility index (Phi) is 5.96. The molecule has 0 bridgehead atoms. The highest BCUT2D eigenvalue weighted by Gasteiger charge is 2.11. The van der Waals surface area contributed by atoms with E-state index in [0.717, 1.165) is 27.8 Å². The number of hydrogen-bond donors (Lipinski definition) is 2. The molecule has 4 aromatic rings. The molecule has 30 heavy (non-hydrogen) atoms. The molecule has 0 amide bonds. The zero-order valence-corrected chi connectivity index (χ0v) is 16.3. The van der Waals surface area contributed by atoms with Crippen LogP contribution in [0.4, 0.5) is 0 Å². The molecule has 0 radical (unpaired) electrons. The fraction of sp³-hybridized carbons (Fsp3) is 0.125. The molecule has 3 aromatic carbocycles. The molecule has 6 nitrogen and oxygen atoms in total. The van der Waals surface area contributed by atoms with Crippen molar-refractivity contribution in [1.82, 2.24) is 15.5 Å². The van der Waals surface area contributed by atoms with Crippen LogP contribution in [0.15, 0.2) is 83.4 Å². The zero-order valence-electron chi connectivity index (χ0n) is 16.3. The number of carboxylic acid groups (broad SMARTS) is 1. The number of nitrogens with zero attached hydrogens (tertiary/aromatic N) is 2. The molecule has 0 aliphatic carbocycles. The van der Waals surface area contributed by atoms with Crippen molar-refractivity contribution in [1.29, 1.82) is 0 Å². The van der Waals surface area contributed by atoms with Gasteiger partial charge in [0.15, 0.2) is 0 Å². The monoisotopic (exact) mass is 399 g/mol. The first-order valence-corrected chi connectivity index (χ1v) is 9.70. The zero-order chi connectivity index (χ0) is 20.8. The summed E-state index contributed by atoms with van der Waals surface area (Å²) in [4.78, 5) is 15.1. The Morgan fingerprint density at radius 1 is 0.833 bits per heavy atom. The third-order valence-corrected chi connectivity index (χ3v) is 4.72. The van der Waals surface area contributed by atoms with Crippen molar-refractivity contribution >= 4 is 5.97 Å². The van der Waals surface area contributed by atoms with E-state index in [1.165, 1.54) is 0 Å². The lowest BCUT2D eigenvalue weighted by Gasteiger charge is -2.03. The number of hydrogen-bond acceptors (Lipinski definition) is 5. The molecule has 0 unspecified atom stereocenters. The molecule has 150 valence electrons. The van der Waals surface area contributed by atoms with Crippen LogP contribution in [0, 0.1) is 0 Å². The number of carboxylic acids is 1. The summed E-state index contributed by atoms with van der Waals surface area (Å²) >= 11 is 0.